The van der Waals surface area contributed by atoms with Crippen LogP contribution in [-0.2, 0) is 11.2 Å². The molecule has 1 fully saturated rings. The monoisotopic (exact) mass is 311 g/mol. The van der Waals surface area contributed by atoms with E-state index < -0.39 is 0 Å². The Balaban J connectivity index is 2.24. The first kappa shape index (κ1) is 16.6. The van der Waals surface area contributed by atoms with E-state index in [1.807, 2.05) is 25.2 Å². The van der Waals surface area contributed by atoms with Crippen LogP contribution >= 0.6 is 11.6 Å². The highest BCUT2D eigenvalue weighted by Crippen LogP contribution is 2.38. The zero-order valence-electron chi connectivity index (χ0n) is 13.2. The van der Waals surface area contributed by atoms with Gasteiger partial charge in [0.25, 0.3) is 0 Å². The summed E-state index contributed by atoms with van der Waals surface area (Å²) in [6, 6.07) is 6.07. The molecule has 0 bridgehead atoms. The fraction of sp³-hybridized carbons (Fsp3) is 0.647. The van der Waals surface area contributed by atoms with Gasteiger partial charge < -0.3 is 14.8 Å². The van der Waals surface area contributed by atoms with Gasteiger partial charge in [0.05, 0.1) is 12.7 Å². The van der Waals surface area contributed by atoms with Gasteiger partial charge in [-0.05, 0) is 57.0 Å². The zero-order valence-corrected chi connectivity index (χ0v) is 14.0. The minimum atomic E-state index is -0.0587. The number of hydrogen-bond acceptors (Lipinski definition) is 3. The van der Waals surface area contributed by atoms with Crippen molar-refractivity contribution in [1.82, 2.24) is 5.32 Å². The van der Waals surface area contributed by atoms with Crippen molar-refractivity contribution < 1.29 is 9.47 Å². The first-order valence-corrected chi connectivity index (χ1v) is 8.16. The summed E-state index contributed by atoms with van der Waals surface area (Å²) < 4.78 is 11.7. The molecule has 1 aromatic carbocycles. The summed E-state index contributed by atoms with van der Waals surface area (Å²) in [5.74, 6) is 0.893. The molecule has 1 saturated carbocycles. The Hall–Kier alpha value is -0.770. The number of methoxy groups -OCH3 is 1. The van der Waals surface area contributed by atoms with E-state index in [0.717, 1.165) is 42.2 Å². The Labute approximate surface area is 133 Å². The number of nitrogens with one attached hydrogen (secondary N) is 1. The van der Waals surface area contributed by atoms with Crippen molar-refractivity contribution in [1.29, 1.82) is 0 Å². The van der Waals surface area contributed by atoms with Crippen LogP contribution in [0.3, 0.4) is 0 Å². The van der Waals surface area contributed by atoms with E-state index in [1.165, 1.54) is 12.8 Å². The highest BCUT2D eigenvalue weighted by Gasteiger charge is 2.41. The topological polar surface area (TPSA) is 30.5 Å². The third-order valence-electron chi connectivity index (χ3n) is 4.53. The molecule has 0 heterocycles. The molecule has 4 heteroatoms. The van der Waals surface area contributed by atoms with Gasteiger partial charge in [0.2, 0.25) is 0 Å². The molecule has 0 spiro atoms. The quantitative estimate of drug-likeness (QED) is 0.830. The largest absolute Gasteiger partial charge is 0.496 e. The Morgan fingerprint density at radius 3 is 2.62 bits per heavy atom. The van der Waals surface area contributed by atoms with Crippen molar-refractivity contribution in [2.24, 2.45) is 0 Å². The third kappa shape index (κ3) is 3.71. The number of halogens is 1. The van der Waals surface area contributed by atoms with E-state index in [-0.39, 0.29) is 11.6 Å². The summed E-state index contributed by atoms with van der Waals surface area (Å²) in [5, 5.41) is 4.21. The lowest BCUT2D eigenvalue weighted by Crippen LogP contribution is -2.51. The van der Waals surface area contributed by atoms with E-state index in [9.17, 15) is 0 Å². The number of benzene rings is 1. The number of ether oxygens (including phenoxy) is 2. The van der Waals surface area contributed by atoms with Gasteiger partial charge in [-0.15, -0.1) is 0 Å². The maximum Gasteiger partial charge on any atom is 0.122 e. The van der Waals surface area contributed by atoms with Crippen LogP contribution in [0.15, 0.2) is 18.2 Å². The standard InChI is InChI=1S/C17H26ClNO2/c1-4-21-17(9-5-6-10-17)16(19-2)12-13-11-14(18)7-8-15(13)20-3/h7-8,11,16,19H,4-6,9-10,12H2,1-3H3. The number of likely N-dealkylation sites (N-methyl/N-ethyl adjacent to an activating group) is 1. The molecule has 2 rings (SSSR count). The molecule has 1 aliphatic carbocycles. The summed E-state index contributed by atoms with van der Waals surface area (Å²) in [7, 11) is 3.72. The molecule has 0 aromatic heterocycles. The lowest BCUT2D eigenvalue weighted by molar-refractivity contribution is -0.0597. The van der Waals surface area contributed by atoms with Crippen LogP contribution in [0.25, 0.3) is 0 Å². The summed E-state index contributed by atoms with van der Waals surface area (Å²) in [6.07, 6.45) is 5.58. The van der Waals surface area contributed by atoms with Crippen LogP contribution in [0.4, 0.5) is 0 Å². The van der Waals surface area contributed by atoms with E-state index in [4.69, 9.17) is 21.1 Å². The average molecular weight is 312 g/mol. The van der Waals surface area contributed by atoms with Gasteiger partial charge in [-0.3, -0.25) is 0 Å². The zero-order chi connectivity index (χ0) is 15.3. The minimum Gasteiger partial charge on any atom is -0.496 e. The predicted octanol–water partition coefficient (Wildman–Crippen LogP) is 3.83. The van der Waals surface area contributed by atoms with E-state index in [2.05, 4.69) is 12.2 Å². The number of rotatable bonds is 7. The Kier molecular flexibility index (Phi) is 5.91. The highest BCUT2D eigenvalue weighted by atomic mass is 35.5. The van der Waals surface area contributed by atoms with Crippen LogP contribution in [0, 0.1) is 0 Å². The second-order valence-corrected chi connectivity index (χ2v) is 6.14. The van der Waals surface area contributed by atoms with Crippen molar-refractivity contribution in [3.63, 3.8) is 0 Å². The molecule has 1 atom stereocenters. The van der Waals surface area contributed by atoms with Gasteiger partial charge in [-0.1, -0.05) is 24.4 Å². The molecule has 1 unspecified atom stereocenters. The summed E-state index contributed by atoms with van der Waals surface area (Å²) in [5.41, 5.74) is 1.08. The molecule has 0 radical (unpaired) electrons. The molecule has 0 aliphatic heterocycles. The molecule has 1 N–H and O–H groups in total. The minimum absolute atomic E-state index is 0.0587. The first-order chi connectivity index (χ1) is 10.1. The van der Waals surface area contributed by atoms with E-state index in [1.54, 1.807) is 7.11 Å². The molecule has 0 amide bonds. The lowest BCUT2D eigenvalue weighted by Gasteiger charge is -2.37. The number of hydrogen-bond donors (Lipinski definition) is 1. The first-order valence-electron chi connectivity index (χ1n) is 7.79. The van der Waals surface area contributed by atoms with Gasteiger partial charge in [0, 0.05) is 17.7 Å². The van der Waals surface area contributed by atoms with Gasteiger partial charge in [0.15, 0.2) is 0 Å². The van der Waals surface area contributed by atoms with Gasteiger partial charge in [-0.2, -0.15) is 0 Å². The maximum absolute atomic E-state index is 6.18. The lowest BCUT2D eigenvalue weighted by atomic mass is 9.87. The van der Waals surface area contributed by atoms with Crippen molar-refractivity contribution >= 4 is 11.6 Å². The third-order valence-corrected chi connectivity index (χ3v) is 4.77. The summed E-state index contributed by atoms with van der Waals surface area (Å²) >= 11 is 6.15. The highest BCUT2D eigenvalue weighted by molar-refractivity contribution is 6.30. The molecule has 0 saturated heterocycles. The molecule has 118 valence electrons. The molecule has 1 aromatic rings. The summed E-state index contributed by atoms with van der Waals surface area (Å²) in [6.45, 7) is 2.83. The van der Waals surface area contributed by atoms with Crippen LogP contribution in [0.5, 0.6) is 5.75 Å². The molecule has 1 aliphatic rings. The Morgan fingerprint density at radius 2 is 2.05 bits per heavy atom. The van der Waals surface area contributed by atoms with Gasteiger partial charge in [0.1, 0.15) is 5.75 Å². The molecule has 3 nitrogen and oxygen atoms in total. The molecular weight excluding hydrogens is 286 g/mol. The van der Waals surface area contributed by atoms with Crippen molar-refractivity contribution in [2.75, 3.05) is 20.8 Å². The second-order valence-electron chi connectivity index (χ2n) is 5.71. The van der Waals surface area contributed by atoms with Crippen molar-refractivity contribution in [2.45, 2.75) is 50.7 Å². The maximum atomic E-state index is 6.18. The molecule has 21 heavy (non-hydrogen) atoms. The van der Waals surface area contributed by atoms with Crippen LogP contribution < -0.4 is 10.1 Å². The van der Waals surface area contributed by atoms with Crippen molar-refractivity contribution in [3.05, 3.63) is 28.8 Å². The fourth-order valence-corrected chi connectivity index (χ4v) is 3.73. The SMILES string of the molecule is CCOC1(C(Cc2cc(Cl)ccc2OC)NC)CCCC1. The Bertz CT molecular complexity index is 458. The van der Waals surface area contributed by atoms with Crippen LogP contribution in [-0.4, -0.2) is 32.4 Å². The normalized spacial score (nSPS) is 18.7. The average Bonchev–Trinajstić information content (AvgIpc) is 2.95. The molecular formula is C17H26ClNO2. The predicted molar refractivity (Wildman–Crippen MR) is 87.4 cm³/mol. The fourth-order valence-electron chi connectivity index (χ4n) is 3.53. The van der Waals surface area contributed by atoms with Gasteiger partial charge in [-0.25, -0.2) is 0 Å². The smallest absolute Gasteiger partial charge is 0.122 e. The Morgan fingerprint density at radius 1 is 1.33 bits per heavy atom. The van der Waals surface area contributed by atoms with Crippen LogP contribution in [0.2, 0.25) is 5.02 Å². The second kappa shape index (κ2) is 7.48. The van der Waals surface area contributed by atoms with Crippen molar-refractivity contribution in [3.8, 4) is 5.75 Å². The van der Waals surface area contributed by atoms with E-state index in [0.29, 0.717) is 0 Å². The van der Waals surface area contributed by atoms with Gasteiger partial charge >= 0.3 is 0 Å². The van der Waals surface area contributed by atoms with Crippen LogP contribution in [0.1, 0.15) is 38.2 Å². The van der Waals surface area contributed by atoms with E-state index >= 15 is 0 Å². The summed E-state index contributed by atoms with van der Waals surface area (Å²) in [4.78, 5) is 0.